The molecule has 0 aliphatic rings. The lowest BCUT2D eigenvalue weighted by Gasteiger charge is -2.14. The number of anilines is 1. The van der Waals surface area contributed by atoms with Crippen LogP contribution in [-0.4, -0.2) is 33.3 Å². The van der Waals surface area contributed by atoms with E-state index < -0.39 is 35.2 Å². The molecule has 0 radical (unpaired) electrons. The van der Waals surface area contributed by atoms with Gasteiger partial charge in [0.25, 0.3) is 5.56 Å². The van der Waals surface area contributed by atoms with Crippen LogP contribution in [0.1, 0.15) is 39.1 Å². The summed E-state index contributed by atoms with van der Waals surface area (Å²) in [5.74, 6) is -2.23. The molecule has 0 saturated heterocycles. The number of carbonyl (C=O) groups excluding carboxylic acids is 3. The number of aromatic nitrogens is 2. The van der Waals surface area contributed by atoms with Crippen LogP contribution in [0.3, 0.4) is 0 Å². The number of nitrogen functional groups attached to an aromatic ring is 1. The van der Waals surface area contributed by atoms with Crippen LogP contribution in [-0.2, 0) is 23.1 Å². The lowest BCUT2D eigenvalue weighted by molar-refractivity contribution is -0.142. The summed E-state index contributed by atoms with van der Waals surface area (Å²) in [4.78, 5) is 62.0. The molecule has 1 aromatic heterocycles. The minimum atomic E-state index is -0.884. The first-order valence-electron chi connectivity index (χ1n) is 10.3. The quantitative estimate of drug-likeness (QED) is 0.364. The molecule has 10 heteroatoms. The monoisotopic (exact) mass is 483 g/mol. The van der Waals surface area contributed by atoms with Crippen molar-refractivity contribution >= 4 is 35.0 Å². The average Bonchev–Trinajstić information content (AvgIpc) is 2.83. The van der Waals surface area contributed by atoms with Crippen LogP contribution >= 0.6 is 11.6 Å². The second-order valence-electron chi connectivity index (χ2n) is 7.49. The van der Waals surface area contributed by atoms with Crippen molar-refractivity contribution in [2.45, 2.75) is 19.4 Å². The molecule has 34 heavy (non-hydrogen) atoms. The highest BCUT2D eigenvalue weighted by molar-refractivity contribution is 6.30. The third-order valence-electron chi connectivity index (χ3n) is 5.13. The van der Waals surface area contributed by atoms with Gasteiger partial charge in [0.2, 0.25) is 5.78 Å². The highest BCUT2D eigenvalue weighted by atomic mass is 35.5. The van der Waals surface area contributed by atoms with E-state index in [2.05, 4.69) is 0 Å². The number of Topliss-reactive ketones (excluding diaryl/α,β-unsaturated/α-hetero) is 2. The van der Waals surface area contributed by atoms with Crippen LogP contribution < -0.4 is 17.0 Å². The molecule has 1 heterocycles. The van der Waals surface area contributed by atoms with Crippen LogP contribution in [0.2, 0.25) is 5.02 Å². The summed E-state index contributed by atoms with van der Waals surface area (Å²) in [6.45, 7) is -0.705. The topological polar surface area (TPSA) is 130 Å². The number of esters is 1. The van der Waals surface area contributed by atoms with Crippen LogP contribution in [0.5, 0.6) is 0 Å². The molecule has 3 aromatic rings. The maximum atomic E-state index is 12.7. The summed E-state index contributed by atoms with van der Waals surface area (Å²) in [6.07, 6.45) is -0.379. The zero-order chi connectivity index (χ0) is 24.8. The van der Waals surface area contributed by atoms with Crippen molar-refractivity contribution in [1.82, 2.24) is 9.13 Å². The van der Waals surface area contributed by atoms with Crippen LogP contribution in [0.25, 0.3) is 0 Å². The number of nitrogens with two attached hydrogens (primary N) is 1. The number of benzene rings is 2. The third-order valence-corrected chi connectivity index (χ3v) is 5.38. The number of carbonyl (C=O) groups is 3. The summed E-state index contributed by atoms with van der Waals surface area (Å²) in [5.41, 5.74) is 5.15. The molecule has 0 saturated carbocycles. The first-order valence-corrected chi connectivity index (χ1v) is 10.7. The maximum absolute atomic E-state index is 12.7. The number of rotatable bonds is 9. The molecule has 0 spiro atoms. The molecule has 3 rings (SSSR count). The number of hydrogen-bond donors (Lipinski definition) is 1. The largest absolute Gasteiger partial charge is 0.457 e. The molecule has 2 aromatic carbocycles. The average molecular weight is 484 g/mol. The minimum absolute atomic E-state index is 0.0481. The molecule has 0 aliphatic heterocycles. The fraction of sp³-hybridized carbons (Fsp3) is 0.208. The van der Waals surface area contributed by atoms with Gasteiger partial charge < -0.3 is 10.5 Å². The van der Waals surface area contributed by atoms with E-state index in [4.69, 9.17) is 22.1 Å². The predicted molar refractivity (Wildman–Crippen MR) is 126 cm³/mol. The molecule has 0 unspecified atom stereocenters. The first-order chi connectivity index (χ1) is 16.2. The van der Waals surface area contributed by atoms with Crippen molar-refractivity contribution in [3.05, 3.63) is 97.1 Å². The molecule has 176 valence electrons. The molecule has 9 nitrogen and oxygen atoms in total. The van der Waals surface area contributed by atoms with Gasteiger partial charge in [-0.15, -0.1) is 0 Å². The van der Waals surface area contributed by atoms with Gasteiger partial charge in [0, 0.05) is 24.1 Å². The van der Waals surface area contributed by atoms with Gasteiger partial charge in [-0.1, -0.05) is 41.9 Å². The Labute approximate surface area is 199 Å². The predicted octanol–water partition coefficient (Wildman–Crippen LogP) is 2.22. The van der Waals surface area contributed by atoms with Crippen LogP contribution in [0, 0.1) is 0 Å². The van der Waals surface area contributed by atoms with Crippen LogP contribution in [0.4, 0.5) is 5.82 Å². The van der Waals surface area contributed by atoms with Gasteiger partial charge in [0.15, 0.2) is 12.4 Å². The first kappa shape index (κ1) is 24.7. The summed E-state index contributed by atoms with van der Waals surface area (Å²) in [5, 5.41) is 0.481. The van der Waals surface area contributed by atoms with Crippen molar-refractivity contribution in [2.75, 3.05) is 12.3 Å². The number of halogens is 1. The maximum Gasteiger partial charge on any atom is 0.332 e. The lowest BCUT2D eigenvalue weighted by atomic mass is 10.1. The Morgan fingerprint density at radius 3 is 2.24 bits per heavy atom. The Balaban J connectivity index is 1.68. The van der Waals surface area contributed by atoms with Gasteiger partial charge in [-0.2, -0.15) is 0 Å². The summed E-state index contributed by atoms with van der Waals surface area (Å²) in [6, 6.07) is 15.1. The molecular formula is C24H22ClN3O6. The minimum Gasteiger partial charge on any atom is -0.457 e. The fourth-order valence-corrected chi connectivity index (χ4v) is 3.38. The summed E-state index contributed by atoms with van der Waals surface area (Å²) >= 11 is 5.79. The molecule has 0 bridgehead atoms. The third kappa shape index (κ3) is 5.68. The standard InChI is InChI=1S/C24H22ClN3O6/c1-27-23(32)21(22(26)28(24(27)33)13-15-5-3-2-4-6-15)19(30)14-34-20(31)12-11-18(29)16-7-9-17(25)10-8-16/h2-10H,11-14,26H2,1H3. The Hall–Kier alpha value is -3.98. The van der Waals surface area contributed by atoms with E-state index in [1.807, 2.05) is 6.07 Å². The number of ketones is 2. The van der Waals surface area contributed by atoms with Gasteiger partial charge in [0.05, 0.1) is 13.0 Å². The highest BCUT2D eigenvalue weighted by Gasteiger charge is 2.23. The molecule has 0 atom stereocenters. The van der Waals surface area contributed by atoms with Crippen molar-refractivity contribution in [3.63, 3.8) is 0 Å². The molecule has 2 N–H and O–H groups in total. The van der Waals surface area contributed by atoms with Crippen molar-refractivity contribution in [1.29, 1.82) is 0 Å². The Bertz CT molecular complexity index is 1340. The van der Waals surface area contributed by atoms with Gasteiger partial charge in [-0.25, -0.2) is 4.79 Å². The smallest absolute Gasteiger partial charge is 0.332 e. The molecular weight excluding hydrogens is 462 g/mol. The molecule has 0 amide bonds. The summed E-state index contributed by atoms with van der Waals surface area (Å²) in [7, 11) is 1.23. The van der Waals surface area contributed by atoms with E-state index in [1.54, 1.807) is 48.5 Å². The van der Waals surface area contributed by atoms with E-state index >= 15 is 0 Å². The highest BCUT2D eigenvalue weighted by Crippen LogP contribution is 2.13. The van der Waals surface area contributed by atoms with Gasteiger partial charge in [0.1, 0.15) is 11.4 Å². The number of hydrogen-bond acceptors (Lipinski definition) is 7. The van der Waals surface area contributed by atoms with E-state index in [-0.39, 0.29) is 31.0 Å². The second kappa shape index (κ2) is 10.8. The fourth-order valence-electron chi connectivity index (χ4n) is 3.25. The second-order valence-corrected chi connectivity index (χ2v) is 7.93. The Morgan fingerprint density at radius 2 is 1.59 bits per heavy atom. The Kier molecular flexibility index (Phi) is 7.80. The van der Waals surface area contributed by atoms with E-state index in [0.29, 0.717) is 10.6 Å². The zero-order valence-electron chi connectivity index (χ0n) is 18.3. The zero-order valence-corrected chi connectivity index (χ0v) is 19.1. The van der Waals surface area contributed by atoms with Crippen LogP contribution in [0.15, 0.2) is 64.2 Å². The van der Waals surface area contributed by atoms with Crippen molar-refractivity contribution in [3.8, 4) is 0 Å². The van der Waals surface area contributed by atoms with Crippen molar-refractivity contribution in [2.24, 2.45) is 7.05 Å². The lowest BCUT2D eigenvalue weighted by Crippen LogP contribution is -2.43. The number of nitrogens with zero attached hydrogens (tertiary/aromatic N) is 2. The van der Waals surface area contributed by atoms with E-state index in [1.165, 1.54) is 7.05 Å². The van der Waals surface area contributed by atoms with E-state index in [9.17, 15) is 24.0 Å². The van der Waals surface area contributed by atoms with Gasteiger partial charge in [-0.05, 0) is 29.8 Å². The summed E-state index contributed by atoms with van der Waals surface area (Å²) < 4.78 is 6.83. The molecule has 0 fully saturated rings. The van der Waals surface area contributed by atoms with Gasteiger partial charge in [-0.3, -0.25) is 28.3 Å². The SMILES string of the molecule is Cn1c(=O)c(C(=O)COC(=O)CCC(=O)c2ccc(Cl)cc2)c(N)n(Cc2ccccc2)c1=O. The molecule has 0 aliphatic carbocycles. The van der Waals surface area contributed by atoms with Crippen molar-refractivity contribution < 1.29 is 19.1 Å². The Morgan fingerprint density at radius 1 is 0.941 bits per heavy atom. The van der Waals surface area contributed by atoms with Gasteiger partial charge >= 0.3 is 11.7 Å². The number of ether oxygens (including phenoxy) is 1. The normalized spacial score (nSPS) is 10.6. The van der Waals surface area contributed by atoms with E-state index in [0.717, 1.165) is 14.7 Å².